The third-order valence-corrected chi connectivity index (χ3v) is 8.13. The van der Waals surface area contributed by atoms with Gasteiger partial charge in [0.25, 0.3) is 10.1 Å². The summed E-state index contributed by atoms with van der Waals surface area (Å²) in [6.07, 6.45) is 1.68. The van der Waals surface area contributed by atoms with Crippen LogP contribution in [0.1, 0.15) is 47.0 Å². The normalized spacial score (nSPS) is 45.8. The number of hydrogen-bond acceptors (Lipinski definition) is 5. The van der Waals surface area contributed by atoms with Gasteiger partial charge < -0.3 is 5.11 Å². The monoisotopic (exact) mass is 331 g/mol. The van der Waals surface area contributed by atoms with Gasteiger partial charge in [-0.2, -0.15) is 8.42 Å². The fourth-order valence-corrected chi connectivity index (χ4v) is 6.83. The first-order valence-electron chi connectivity index (χ1n) is 7.83. The van der Waals surface area contributed by atoms with E-state index in [9.17, 15) is 22.9 Å². The molecular weight excluding hydrogens is 306 g/mol. The fraction of sp³-hybridized carbons (Fsp3) is 0.933. The highest BCUT2D eigenvalue weighted by Gasteiger charge is 2.72. The lowest BCUT2D eigenvalue weighted by Gasteiger charge is -2.57. The molecule has 2 aliphatic carbocycles. The van der Waals surface area contributed by atoms with Gasteiger partial charge in [-0.15, -0.1) is 0 Å². The van der Waals surface area contributed by atoms with Crippen LogP contribution in [0.25, 0.3) is 0 Å². The topological polar surface area (TPSA) is 94.9 Å². The Morgan fingerprint density at radius 1 is 1.32 bits per heavy atom. The number of likely N-dealkylation sites (tertiary alicyclic amines) is 1. The second-order valence-corrected chi connectivity index (χ2v) is 9.61. The molecule has 0 aromatic carbocycles. The number of ketones is 1. The van der Waals surface area contributed by atoms with Crippen LogP contribution in [0.2, 0.25) is 0 Å². The highest BCUT2D eigenvalue weighted by Crippen LogP contribution is 2.67. The number of rotatable bonds is 3. The number of hydrogen-bond donors (Lipinski definition) is 2. The summed E-state index contributed by atoms with van der Waals surface area (Å²) in [5.41, 5.74) is -2.54. The summed E-state index contributed by atoms with van der Waals surface area (Å²) in [5, 5.41) is 8.91. The zero-order valence-electron chi connectivity index (χ0n) is 13.5. The lowest BCUT2D eigenvalue weighted by atomic mass is 9.67. The third kappa shape index (κ3) is 1.76. The second kappa shape index (κ2) is 4.32. The fourth-order valence-electron chi connectivity index (χ4n) is 5.17. The van der Waals surface area contributed by atoms with Crippen molar-refractivity contribution in [1.29, 1.82) is 0 Å². The third-order valence-electron chi connectivity index (χ3n) is 6.89. The molecule has 6 nitrogen and oxygen atoms in total. The van der Waals surface area contributed by atoms with Gasteiger partial charge in [0, 0.05) is 19.0 Å². The average Bonchev–Trinajstić information content (AvgIpc) is 2.70. The van der Waals surface area contributed by atoms with Gasteiger partial charge >= 0.3 is 0 Å². The van der Waals surface area contributed by atoms with Gasteiger partial charge in [-0.25, -0.2) is 0 Å². The molecular formula is C15H25NO5S. The van der Waals surface area contributed by atoms with Gasteiger partial charge in [-0.1, -0.05) is 13.8 Å². The van der Waals surface area contributed by atoms with Gasteiger partial charge in [0.05, 0.1) is 11.0 Å². The first-order valence-corrected chi connectivity index (χ1v) is 9.34. The maximum atomic E-state index is 12.7. The summed E-state index contributed by atoms with van der Waals surface area (Å²) < 4.78 is 34.3. The smallest absolute Gasteiger partial charge is 0.282 e. The van der Waals surface area contributed by atoms with Gasteiger partial charge in [-0.3, -0.25) is 14.2 Å². The molecule has 2 N–H and O–H groups in total. The average molecular weight is 331 g/mol. The maximum absolute atomic E-state index is 12.7. The summed E-state index contributed by atoms with van der Waals surface area (Å²) in [5.74, 6) is 0.108. The molecule has 5 atom stereocenters. The number of Topliss-reactive ketones (excluding diaryl/α,β-unsaturated/α-hetero) is 1. The molecule has 0 aromatic heterocycles. The minimum absolute atomic E-state index is 0.0601. The Balaban J connectivity index is 2.11. The molecule has 0 spiro atoms. The molecule has 22 heavy (non-hydrogen) atoms. The van der Waals surface area contributed by atoms with E-state index < -0.39 is 38.0 Å². The van der Waals surface area contributed by atoms with Crippen molar-refractivity contribution in [2.24, 2.45) is 16.7 Å². The Morgan fingerprint density at radius 2 is 1.91 bits per heavy atom. The second-order valence-electron chi connectivity index (χ2n) is 8.13. The van der Waals surface area contributed by atoms with Crippen molar-refractivity contribution in [2.45, 2.75) is 64.0 Å². The van der Waals surface area contributed by atoms with Crippen molar-refractivity contribution in [1.82, 2.24) is 4.90 Å². The molecule has 2 saturated carbocycles. The van der Waals surface area contributed by atoms with E-state index in [0.29, 0.717) is 12.8 Å². The Kier molecular flexibility index (Phi) is 3.21. The highest BCUT2D eigenvalue weighted by molar-refractivity contribution is 7.86. The molecule has 0 amide bonds. The number of fused-ring (bicyclic) bond motifs is 2. The van der Waals surface area contributed by atoms with E-state index >= 15 is 0 Å². The van der Waals surface area contributed by atoms with E-state index in [1.165, 1.54) is 0 Å². The Morgan fingerprint density at radius 3 is 2.23 bits per heavy atom. The van der Waals surface area contributed by atoms with Crippen molar-refractivity contribution in [3.05, 3.63) is 0 Å². The molecule has 1 saturated heterocycles. The van der Waals surface area contributed by atoms with Gasteiger partial charge in [0.1, 0.15) is 5.78 Å². The first kappa shape index (κ1) is 16.4. The van der Waals surface area contributed by atoms with Crippen LogP contribution in [-0.4, -0.2) is 52.3 Å². The van der Waals surface area contributed by atoms with Crippen molar-refractivity contribution in [3.63, 3.8) is 0 Å². The van der Waals surface area contributed by atoms with Crippen LogP contribution >= 0.6 is 0 Å². The summed E-state index contributed by atoms with van der Waals surface area (Å²) in [7, 11) is -4.45. The van der Waals surface area contributed by atoms with E-state index in [4.69, 9.17) is 0 Å². The van der Waals surface area contributed by atoms with Crippen molar-refractivity contribution < 1.29 is 22.9 Å². The van der Waals surface area contributed by atoms with E-state index in [2.05, 4.69) is 0 Å². The SMILES string of the molecule is C[C@@H]1N([C@@H](C23CCC(CC2=O)C3(C)C)S(=O)(=O)O)C[C@@]1(C)O. The van der Waals surface area contributed by atoms with Crippen LogP contribution in [0.4, 0.5) is 0 Å². The molecule has 0 aromatic rings. The zero-order valence-corrected chi connectivity index (χ0v) is 14.4. The number of β-amino-alcohol motifs (C(OH)–C–C–N with tert-alkyl or cyclic N) is 1. The number of aliphatic hydroxyl groups is 1. The number of carbonyl (C=O) groups excluding carboxylic acids is 1. The Hall–Kier alpha value is -0.500. The van der Waals surface area contributed by atoms with E-state index in [0.717, 1.165) is 6.42 Å². The molecule has 1 heterocycles. The first-order chi connectivity index (χ1) is 9.85. The van der Waals surface area contributed by atoms with Gasteiger partial charge in [0.2, 0.25) is 0 Å². The van der Waals surface area contributed by atoms with Crippen LogP contribution in [0.3, 0.4) is 0 Å². The molecule has 3 rings (SSSR count). The molecule has 126 valence electrons. The standard InChI is InChI=1S/C15H25NO5S/c1-9-14(4,18)8-16(9)12(22(19,20)21)15-6-5-10(7-11(15)17)13(15,2)3/h9-10,12,18H,5-8H2,1-4H3,(H,19,20,21)/t9-,10?,12+,14+,15?/m0/s1. The van der Waals surface area contributed by atoms with Crippen LogP contribution < -0.4 is 0 Å². The van der Waals surface area contributed by atoms with Crippen molar-refractivity contribution in [3.8, 4) is 0 Å². The predicted octanol–water partition coefficient (Wildman–Crippen LogP) is 1.05. The number of carbonyl (C=O) groups is 1. The summed E-state index contributed by atoms with van der Waals surface area (Å²) >= 11 is 0. The van der Waals surface area contributed by atoms with Crippen LogP contribution in [0, 0.1) is 16.7 Å². The Labute approximate surface area is 131 Å². The molecule has 2 unspecified atom stereocenters. The molecule has 3 fully saturated rings. The molecule has 7 heteroatoms. The summed E-state index contributed by atoms with van der Waals surface area (Å²) in [6, 6.07) is -0.419. The summed E-state index contributed by atoms with van der Waals surface area (Å²) in [4.78, 5) is 14.3. The molecule has 0 radical (unpaired) electrons. The van der Waals surface area contributed by atoms with E-state index in [1.54, 1.807) is 18.7 Å². The van der Waals surface area contributed by atoms with Crippen LogP contribution in [0.5, 0.6) is 0 Å². The largest absolute Gasteiger partial charge is 0.387 e. The van der Waals surface area contributed by atoms with Gasteiger partial charge in [-0.05, 0) is 38.0 Å². The predicted molar refractivity (Wildman–Crippen MR) is 80.7 cm³/mol. The van der Waals surface area contributed by atoms with Crippen LogP contribution in [0.15, 0.2) is 0 Å². The van der Waals surface area contributed by atoms with Crippen molar-refractivity contribution >= 4 is 15.9 Å². The molecule has 1 aliphatic heterocycles. The molecule has 2 bridgehead atoms. The van der Waals surface area contributed by atoms with Crippen LogP contribution in [-0.2, 0) is 14.9 Å². The molecule has 3 aliphatic rings. The highest BCUT2D eigenvalue weighted by atomic mass is 32.2. The lowest BCUT2D eigenvalue weighted by Crippen LogP contribution is -2.74. The van der Waals surface area contributed by atoms with Crippen molar-refractivity contribution in [2.75, 3.05) is 6.54 Å². The summed E-state index contributed by atoms with van der Waals surface area (Å²) in [6.45, 7) is 7.41. The Bertz CT molecular complexity index is 626. The lowest BCUT2D eigenvalue weighted by molar-refractivity contribution is -0.167. The quantitative estimate of drug-likeness (QED) is 0.751. The zero-order chi connectivity index (χ0) is 16.7. The maximum Gasteiger partial charge on any atom is 0.282 e. The minimum Gasteiger partial charge on any atom is -0.387 e. The number of nitrogens with zero attached hydrogens (tertiary/aromatic N) is 1. The van der Waals surface area contributed by atoms with Gasteiger partial charge in [0.15, 0.2) is 5.37 Å². The van der Waals surface area contributed by atoms with E-state index in [-0.39, 0.29) is 18.2 Å². The van der Waals surface area contributed by atoms with E-state index in [1.807, 2.05) is 13.8 Å². The minimum atomic E-state index is -4.45.